The van der Waals surface area contributed by atoms with Crippen LogP contribution in [0, 0.1) is 6.92 Å². The topological polar surface area (TPSA) is 38.0 Å². The van der Waals surface area contributed by atoms with Gasteiger partial charge in [0.15, 0.2) is 0 Å². The van der Waals surface area contributed by atoms with Gasteiger partial charge in [0, 0.05) is 18.7 Å². The van der Waals surface area contributed by atoms with Gasteiger partial charge in [-0.2, -0.15) is 13.2 Å². The third-order valence-corrected chi connectivity index (χ3v) is 2.62. The van der Waals surface area contributed by atoms with Crippen LogP contribution >= 0.6 is 0 Å². The van der Waals surface area contributed by atoms with Crippen molar-refractivity contribution in [3.63, 3.8) is 0 Å². The third-order valence-electron chi connectivity index (χ3n) is 2.62. The second kappa shape index (κ2) is 5.91. The smallest absolute Gasteiger partial charge is 0.389 e. The fraction of sp³-hybridized carbons (Fsp3) is 0.500. The van der Waals surface area contributed by atoms with Crippen LogP contribution in [0.1, 0.15) is 24.0 Å². The fourth-order valence-electron chi connectivity index (χ4n) is 1.53. The molecule has 0 saturated carbocycles. The highest BCUT2D eigenvalue weighted by atomic mass is 19.4. The van der Waals surface area contributed by atoms with E-state index in [1.54, 1.807) is 0 Å². The highest BCUT2D eigenvalue weighted by Gasteiger charge is 2.25. The molecule has 0 radical (unpaired) electrons. The summed E-state index contributed by atoms with van der Waals surface area (Å²) in [6, 6.07) is 5.57. The first kappa shape index (κ1) is 13.8. The highest BCUT2D eigenvalue weighted by molar-refractivity contribution is 5.49. The number of nitrogens with two attached hydrogens (primary N) is 1. The molecule has 0 fully saturated rings. The van der Waals surface area contributed by atoms with E-state index in [-0.39, 0.29) is 6.42 Å². The largest absolute Gasteiger partial charge is 0.399 e. The van der Waals surface area contributed by atoms with Crippen molar-refractivity contribution in [2.45, 2.75) is 32.5 Å². The van der Waals surface area contributed by atoms with E-state index in [1.165, 1.54) is 0 Å². The van der Waals surface area contributed by atoms with Gasteiger partial charge in [-0.25, -0.2) is 0 Å². The molecule has 0 aliphatic rings. The Balaban J connectivity index is 2.29. The molecule has 5 heteroatoms. The SMILES string of the molecule is Cc1c(N)cccc1CNCCCC(F)(F)F. The summed E-state index contributed by atoms with van der Waals surface area (Å²) in [7, 11) is 0. The molecule has 96 valence electrons. The van der Waals surface area contributed by atoms with Crippen molar-refractivity contribution >= 4 is 5.69 Å². The van der Waals surface area contributed by atoms with Gasteiger partial charge in [0.2, 0.25) is 0 Å². The van der Waals surface area contributed by atoms with E-state index in [0.29, 0.717) is 18.8 Å². The second-order valence-corrected chi connectivity index (χ2v) is 4.03. The maximum atomic E-state index is 11.9. The molecular formula is C12H17F3N2. The Morgan fingerprint density at radius 3 is 2.65 bits per heavy atom. The number of nitrogen functional groups attached to an aromatic ring is 1. The molecule has 0 amide bonds. The molecule has 0 aliphatic carbocycles. The van der Waals surface area contributed by atoms with Crippen LogP contribution in [0.3, 0.4) is 0 Å². The number of halogens is 3. The summed E-state index contributed by atoms with van der Waals surface area (Å²) in [6.07, 6.45) is -4.70. The molecule has 0 heterocycles. The number of alkyl halides is 3. The van der Waals surface area contributed by atoms with E-state index in [4.69, 9.17) is 5.73 Å². The summed E-state index contributed by atoms with van der Waals surface area (Å²) in [4.78, 5) is 0. The van der Waals surface area contributed by atoms with Crippen molar-refractivity contribution in [2.75, 3.05) is 12.3 Å². The minimum Gasteiger partial charge on any atom is -0.399 e. The van der Waals surface area contributed by atoms with Crippen molar-refractivity contribution in [3.8, 4) is 0 Å². The molecule has 0 bridgehead atoms. The normalized spacial score (nSPS) is 11.8. The van der Waals surface area contributed by atoms with Crippen LogP contribution in [0.25, 0.3) is 0 Å². The van der Waals surface area contributed by atoms with Crippen LogP contribution in [0.4, 0.5) is 18.9 Å². The van der Waals surface area contributed by atoms with E-state index in [1.807, 2.05) is 25.1 Å². The minimum atomic E-state index is -4.06. The summed E-state index contributed by atoms with van der Waals surface area (Å²) in [5.74, 6) is 0. The van der Waals surface area contributed by atoms with Gasteiger partial charge in [0.25, 0.3) is 0 Å². The number of hydrogen-bond acceptors (Lipinski definition) is 2. The summed E-state index contributed by atoms with van der Waals surface area (Å²) in [5.41, 5.74) is 8.45. The van der Waals surface area contributed by atoms with E-state index in [0.717, 1.165) is 11.1 Å². The van der Waals surface area contributed by atoms with Gasteiger partial charge in [-0.15, -0.1) is 0 Å². The Hall–Kier alpha value is -1.23. The van der Waals surface area contributed by atoms with Gasteiger partial charge in [-0.05, 0) is 37.1 Å². The molecular weight excluding hydrogens is 229 g/mol. The van der Waals surface area contributed by atoms with Crippen molar-refractivity contribution in [2.24, 2.45) is 0 Å². The molecule has 1 rings (SSSR count). The van der Waals surface area contributed by atoms with E-state index < -0.39 is 12.6 Å². The summed E-state index contributed by atoms with van der Waals surface area (Å²) in [6.45, 7) is 2.81. The minimum absolute atomic E-state index is 0.102. The molecule has 0 unspecified atom stereocenters. The second-order valence-electron chi connectivity index (χ2n) is 4.03. The summed E-state index contributed by atoms with van der Waals surface area (Å²) < 4.78 is 35.6. The lowest BCUT2D eigenvalue weighted by atomic mass is 10.1. The quantitative estimate of drug-likeness (QED) is 0.619. The average Bonchev–Trinajstić information content (AvgIpc) is 2.22. The molecule has 17 heavy (non-hydrogen) atoms. The Morgan fingerprint density at radius 2 is 2.00 bits per heavy atom. The zero-order valence-electron chi connectivity index (χ0n) is 9.77. The lowest BCUT2D eigenvalue weighted by molar-refractivity contribution is -0.135. The Kier molecular flexibility index (Phi) is 4.81. The van der Waals surface area contributed by atoms with Gasteiger partial charge in [0.05, 0.1) is 0 Å². The fourth-order valence-corrected chi connectivity index (χ4v) is 1.53. The van der Waals surface area contributed by atoms with Crippen molar-refractivity contribution in [3.05, 3.63) is 29.3 Å². The van der Waals surface area contributed by atoms with Crippen LogP contribution in [-0.4, -0.2) is 12.7 Å². The number of rotatable bonds is 5. The molecule has 1 aromatic carbocycles. The van der Waals surface area contributed by atoms with E-state index in [9.17, 15) is 13.2 Å². The van der Waals surface area contributed by atoms with Gasteiger partial charge in [-0.3, -0.25) is 0 Å². The molecule has 0 aliphatic heterocycles. The van der Waals surface area contributed by atoms with Gasteiger partial charge >= 0.3 is 6.18 Å². The average molecular weight is 246 g/mol. The molecule has 0 atom stereocenters. The number of hydrogen-bond donors (Lipinski definition) is 2. The standard InChI is InChI=1S/C12H17F3N2/c1-9-10(4-2-5-11(9)16)8-17-7-3-6-12(13,14)15/h2,4-5,17H,3,6-8,16H2,1H3. The number of nitrogens with one attached hydrogen (secondary N) is 1. The van der Waals surface area contributed by atoms with Crippen LogP contribution < -0.4 is 11.1 Å². The first-order valence-electron chi connectivity index (χ1n) is 5.51. The van der Waals surface area contributed by atoms with E-state index >= 15 is 0 Å². The summed E-state index contributed by atoms with van der Waals surface area (Å²) in [5, 5.41) is 2.99. The van der Waals surface area contributed by atoms with Crippen molar-refractivity contribution in [1.29, 1.82) is 0 Å². The van der Waals surface area contributed by atoms with Crippen LogP contribution in [0.5, 0.6) is 0 Å². The van der Waals surface area contributed by atoms with Gasteiger partial charge < -0.3 is 11.1 Å². The predicted octanol–water partition coefficient (Wildman–Crippen LogP) is 3.01. The first-order chi connectivity index (χ1) is 7.90. The Labute approximate surface area is 99.0 Å². The van der Waals surface area contributed by atoms with Gasteiger partial charge in [0.1, 0.15) is 0 Å². The summed E-state index contributed by atoms with van der Waals surface area (Å²) >= 11 is 0. The molecule has 0 spiro atoms. The Morgan fingerprint density at radius 1 is 1.29 bits per heavy atom. The lowest BCUT2D eigenvalue weighted by Crippen LogP contribution is -2.18. The molecule has 0 saturated heterocycles. The van der Waals surface area contributed by atoms with Crippen LogP contribution in [0.15, 0.2) is 18.2 Å². The lowest BCUT2D eigenvalue weighted by Gasteiger charge is -2.10. The van der Waals surface area contributed by atoms with Crippen LogP contribution in [0.2, 0.25) is 0 Å². The molecule has 3 N–H and O–H groups in total. The van der Waals surface area contributed by atoms with Gasteiger partial charge in [-0.1, -0.05) is 12.1 Å². The van der Waals surface area contributed by atoms with Crippen molar-refractivity contribution < 1.29 is 13.2 Å². The number of anilines is 1. The molecule has 0 aromatic heterocycles. The molecule has 2 nitrogen and oxygen atoms in total. The van der Waals surface area contributed by atoms with Crippen molar-refractivity contribution in [1.82, 2.24) is 5.32 Å². The third kappa shape index (κ3) is 5.08. The first-order valence-corrected chi connectivity index (χ1v) is 5.51. The Bertz CT molecular complexity index is 361. The predicted molar refractivity (Wildman–Crippen MR) is 62.6 cm³/mol. The molecule has 1 aromatic rings. The van der Waals surface area contributed by atoms with E-state index in [2.05, 4.69) is 5.32 Å². The number of benzene rings is 1. The highest BCUT2D eigenvalue weighted by Crippen LogP contribution is 2.20. The monoisotopic (exact) mass is 246 g/mol. The van der Waals surface area contributed by atoms with Crippen LogP contribution in [-0.2, 0) is 6.54 Å². The zero-order chi connectivity index (χ0) is 12.9. The maximum absolute atomic E-state index is 11.9. The zero-order valence-corrected chi connectivity index (χ0v) is 9.77. The maximum Gasteiger partial charge on any atom is 0.389 e.